The van der Waals surface area contributed by atoms with Crippen LogP contribution in [0.2, 0.25) is 5.02 Å². The van der Waals surface area contributed by atoms with Crippen LogP contribution in [-0.4, -0.2) is 0 Å². The second-order valence-corrected chi connectivity index (χ2v) is 4.29. The van der Waals surface area contributed by atoms with E-state index in [4.69, 9.17) is 23.1 Å². The maximum atomic E-state index is 5.91. The van der Waals surface area contributed by atoms with Crippen LogP contribution in [0.15, 0.2) is 29.3 Å². The number of nitrogens with two attached hydrogens (primary N) is 2. The Balaban J connectivity index is 3.08. The molecular weight excluding hydrogens is 263 g/mol. The summed E-state index contributed by atoms with van der Waals surface area (Å²) in [5.41, 5.74) is 13.2. The summed E-state index contributed by atoms with van der Waals surface area (Å²) in [6.45, 7) is 3.64. The van der Waals surface area contributed by atoms with E-state index in [1.807, 2.05) is 6.07 Å². The van der Waals surface area contributed by atoms with Gasteiger partial charge in [-0.15, -0.1) is 6.58 Å². The molecule has 0 heterocycles. The predicted molar refractivity (Wildman–Crippen MR) is 65.3 cm³/mol. The fourth-order valence-corrected chi connectivity index (χ4v) is 1.74. The number of halogens is 2. The van der Waals surface area contributed by atoms with Crippen LogP contribution in [0.1, 0.15) is 18.0 Å². The van der Waals surface area contributed by atoms with Crippen molar-refractivity contribution in [3.63, 3.8) is 0 Å². The monoisotopic (exact) mass is 274 g/mol. The summed E-state index contributed by atoms with van der Waals surface area (Å²) in [4.78, 5) is 0. The Labute approximate surface area is 97.1 Å². The Morgan fingerprint density at radius 2 is 2.21 bits per heavy atom. The van der Waals surface area contributed by atoms with E-state index < -0.39 is 0 Å². The molecule has 14 heavy (non-hydrogen) atoms. The van der Waals surface area contributed by atoms with Crippen LogP contribution < -0.4 is 11.5 Å². The van der Waals surface area contributed by atoms with E-state index in [-0.39, 0.29) is 6.04 Å². The van der Waals surface area contributed by atoms with E-state index in [0.717, 1.165) is 10.0 Å². The lowest BCUT2D eigenvalue weighted by atomic mass is 10.0. The average Bonchev–Trinajstić information content (AvgIpc) is 2.11. The van der Waals surface area contributed by atoms with Crippen molar-refractivity contribution in [2.75, 3.05) is 5.73 Å². The summed E-state index contributed by atoms with van der Waals surface area (Å²) in [5, 5.41) is 0.594. The zero-order valence-corrected chi connectivity index (χ0v) is 9.98. The van der Waals surface area contributed by atoms with Gasteiger partial charge in [-0.25, -0.2) is 0 Å². The lowest BCUT2D eigenvalue weighted by molar-refractivity contribution is 0.744. The van der Waals surface area contributed by atoms with Crippen molar-refractivity contribution in [2.24, 2.45) is 5.73 Å². The van der Waals surface area contributed by atoms with Crippen molar-refractivity contribution >= 4 is 33.2 Å². The van der Waals surface area contributed by atoms with E-state index in [0.29, 0.717) is 17.1 Å². The standard InChI is InChI=1S/C10H12BrClN2/c1-2-3-9(13)6-4-7(11)8(12)5-10(6)14/h2,4-5,9H,1,3,13-14H2/t9-/m0/s1. The van der Waals surface area contributed by atoms with Crippen LogP contribution in [0.25, 0.3) is 0 Å². The molecule has 4 heteroatoms. The largest absolute Gasteiger partial charge is 0.398 e. The van der Waals surface area contributed by atoms with E-state index in [2.05, 4.69) is 22.5 Å². The molecule has 1 atom stereocenters. The third-order valence-corrected chi connectivity index (χ3v) is 3.14. The molecule has 2 nitrogen and oxygen atoms in total. The first-order valence-electron chi connectivity index (χ1n) is 4.17. The van der Waals surface area contributed by atoms with Gasteiger partial charge in [-0.05, 0) is 40.0 Å². The van der Waals surface area contributed by atoms with E-state index in [1.165, 1.54) is 0 Å². The minimum absolute atomic E-state index is 0.124. The van der Waals surface area contributed by atoms with Crippen LogP contribution >= 0.6 is 27.5 Å². The minimum Gasteiger partial charge on any atom is -0.398 e. The summed E-state index contributed by atoms with van der Waals surface area (Å²) in [7, 11) is 0. The lowest BCUT2D eigenvalue weighted by Gasteiger charge is -2.13. The van der Waals surface area contributed by atoms with Gasteiger partial charge in [0.2, 0.25) is 0 Å². The van der Waals surface area contributed by atoms with Gasteiger partial charge in [0.25, 0.3) is 0 Å². The first-order chi connectivity index (χ1) is 6.56. The van der Waals surface area contributed by atoms with Crippen molar-refractivity contribution in [1.29, 1.82) is 0 Å². The quantitative estimate of drug-likeness (QED) is 0.657. The number of hydrogen-bond donors (Lipinski definition) is 2. The van der Waals surface area contributed by atoms with Crippen LogP contribution in [0.3, 0.4) is 0 Å². The second kappa shape index (κ2) is 4.82. The molecule has 0 aliphatic heterocycles. The van der Waals surface area contributed by atoms with Gasteiger partial charge in [-0.2, -0.15) is 0 Å². The highest BCUT2D eigenvalue weighted by atomic mass is 79.9. The topological polar surface area (TPSA) is 52.0 Å². The van der Waals surface area contributed by atoms with E-state index in [9.17, 15) is 0 Å². The summed E-state index contributed by atoms with van der Waals surface area (Å²) in [6.07, 6.45) is 2.46. The summed E-state index contributed by atoms with van der Waals surface area (Å²) in [5.74, 6) is 0. The molecule has 0 aromatic heterocycles. The van der Waals surface area contributed by atoms with Crippen molar-refractivity contribution < 1.29 is 0 Å². The summed E-state index contributed by atoms with van der Waals surface area (Å²) >= 11 is 9.21. The van der Waals surface area contributed by atoms with Gasteiger partial charge in [0.05, 0.1) is 5.02 Å². The molecule has 1 rings (SSSR count). The van der Waals surface area contributed by atoms with E-state index >= 15 is 0 Å². The molecule has 0 aliphatic rings. The van der Waals surface area contributed by atoms with Crippen molar-refractivity contribution in [2.45, 2.75) is 12.5 Å². The molecule has 4 N–H and O–H groups in total. The molecule has 0 bridgehead atoms. The average molecular weight is 276 g/mol. The van der Waals surface area contributed by atoms with Crippen molar-refractivity contribution in [3.8, 4) is 0 Å². The highest BCUT2D eigenvalue weighted by Gasteiger charge is 2.10. The Kier molecular flexibility index (Phi) is 3.98. The van der Waals surface area contributed by atoms with Crippen LogP contribution in [0.4, 0.5) is 5.69 Å². The normalized spacial score (nSPS) is 12.5. The van der Waals surface area contributed by atoms with Gasteiger partial charge < -0.3 is 11.5 Å². The first-order valence-corrected chi connectivity index (χ1v) is 5.34. The maximum absolute atomic E-state index is 5.91. The highest BCUT2D eigenvalue weighted by Crippen LogP contribution is 2.31. The van der Waals surface area contributed by atoms with Crippen molar-refractivity contribution in [1.82, 2.24) is 0 Å². The molecule has 0 fully saturated rings. The highest BCUT2D eigenvalue weighted by molar-refractivity contribution is 9.10. The molecular formula is C10H12BrClN2. The molecule has 0 spiro atoms. The van der Waals surface area contributed by atoms with Crippen LogP contribution in [-0.2, 0) is 0 Å². The van der Waals surface area contributed by atoms with Gasteiger partial charge in [0.1, 0.15) is 0 Å². The Hall–Kier alpha value is -0.510. The van der Waals surface area contributed by atoms with E-state index in [1.54, 1.807) is 12.1 Å². The van der Waals surface area contributed by atoms with Crippen LogP contribution in [0, 0.1) is 0 Å². The fraction of sp³-hybridized carbons (Fsp3) is 0.200. The van der Waals surface area contributed by atoms with Gasteiger partial charge in [-0.1, -0.05) is 17.7 Å². The Morgan fingerprint density at radius 1 is 1.57 bits per heavy atom. The van der Waals surface area contributed by atoms with Crippen LogP contribution in [0.5, 0.6) is 0 Å². The third kappa shape index (κ3) is 2.50. The molecule has 0 saturated heterocycles. The molecule has 0 unspecified atom stereocenters. The number of hydrogen-bond acceptors (Lipinski definition) is 2. The number of nitrogen functional groups attached to an aromatic ring is 1. The molecule has 0 radical (unpaired) electrons. The minimum atomic E-state index is -0.124. The summed E-state index contributed by atoms with van der Waals surface area (Å²) < 4.78 is 0.808. The Morgan fingerprint density at radius 3 is 2.79 bits per heavy atom. The maximum Gasteiger partial charge on any atom is 0.0568 e. The zero-order valence-electron chi connectivity index (χ0n) is 7.63. The lowest BCUT2D eigenvalue weighted by Crippen LogP contribution is -2.11. The molecule has 1 aromatic rings. The SMILES string of the molecule is C=CC[C@H](N)c1cc(Br)c(Cl)cc1N. The number of anilines is 1. The summed E-state index contributed by atoms with van der Waals surface area (Å²) in [6, 6.07) is 3.43. The zero-order chi connectivity index (χ0) is 10.7. The third-order valence-electron chi connectivity index (χ3n) is 1.95. The number of benzene rings is 1. The molecule has 0 saturated carbocycles. The molecule has 1 aromatic carbocycles. The van der Waals surface area contributed by atoms with Gasteiger partial charge in [0, 0.05) is 16.2 Å². The second-order valence-electron chi connectivity index (χ2n) is 3.03. The van der Waals surface area contributed by atoms with Gasteiger partial charge in [0.15, 0.2) is 0 Å². The predicted octanol–water partition coefficient (Wildman–Crippen LogP) is 3.26. The van der Waals surface area contributed by atoms with Gasteiger partial charge in [-0.3, -0.25) is 0 Å². The fourth-order valence-electron chi connectivity index (χ4n) is 1.21. The molecule has 0 amide bonds. The smallest absolute Gasteiger partial charge is 0.0568 e. The first kappa shape index (κ1) is 11.6. The Bertz CT molecular complexity index is 352. The number of rotatable bonds is 3. The van der Waals surface area contributed by atoms with Crippen molar-refractivity contribution in [3.05, 3.63) is 39.8 Å². The molecule has 0 aliphatic carbocycles. The van der Waals surface area contributed by atoms with Gasteiger partial charge >= 0.3 is 0 Å². The molecule has 76 valence electrons.